The van der Waals surface area contributed by atoms with E-state index in [1.54, 1.807) is 0 Å². The highest BCUT2D eigenvalue weighted by Crippen LogP contribution is 2.18. The Hall–Kier alpha value is -2.14. The first-order valence-corrected chi connectivity index (χ1v) is 5.91. The summed E-state index contributed by atoms with van der Waals surface area (Å²) in [5, 5.41) is 4.49. The molecule has 0 bridgehead atoms. The van der Waals surface area contributed by atoms with Gasteiger partial charge in [0.2, 0.25) is 5.95 Å². The SMILES string of the molecule is Cc1nn(-c2nc3ccccc3[nH]2)c(C)c1CN. The molecule has 0 saturated heterocycles. The first-order valence-electron chi connectivity index (χ1n) is 5.91. The lowest BCUT2D eigenvalue weighted by Crippen LogP contribution is -2.03. The molecule has 92 valence electrons. The van der Waals surface area contributed by atoms with Crippen molar-refractivity contribution in [2.75, 3.05) is 0 Å². The second kappa shape index (κ2) is 3.96. The summed E-state index contributed by atoms with van der Waals surface area (Å²) in [5.41, 5.74) is 10.8. The van der Waals surface area contributed by atoms with Gasteiger partial charge in [0.25, 0.3) is 0 Å². The molecule has 3 aromatic rings. The molecule has 3 rings (SSSR count). The van der Waals surface area contributed by atoms with Crippen LogP contribution in [-0.4, -0.2) is 19.7 Å². The second-order valence-corrected chi connectivity index (χ2v) is 4.34. The van der Waals surface area contributed by atoms with Crippen molar-refractivity contribution in [1.29, 1.82) is 0 Å². The number of nitrogens with zero attached hydrogens (tertiary/aromatic N) is 3. The van der Waals surface area contributed by atoms with Gasteiger partial charge in [-0.3, -0.25) is 0 Å². The zero-order chi connectivity index (χ0) is 12.7. The predicted octanol–water partition coefficient (Wildman–Crippen LogP) is 1.82. The fraction of sp³-hybridized carbons (Fsp3) is 0.231. The van der Waals surface area contributed by atoms with Crippen molar-refractivity contribution in [3.63, 3.8) is 0 Å². The largest absolute Gasteiger partial charge is 0.326 e. The summed E-state index contributed by atoms with van der Waals surface area (Å²) in [5.74, 6) is 0.733. The van der Waals surface area contributed by atoms with E-state index in [-0.39, 0.29) is 0 Å². The van der Waals surface area contributed by atoms with Crippen molar-refractivity contribution >= 4 is 11.0 Å². The lowest BCUT2D eigenvalue weighted by molar-refractivity contribution is 0.789. The molecule has 5 heteroatoms. The van der Waals surface area contributed by atoms with Crippen LogP contribution >= 0.6 is 0 Å². The van der Waals surface area contributed by atoms with Gasteiger partial charge in [-0.05, 0) is 26.0 Å². The highest BCUT2D eigenvalue weighted by Gasteiger charge is 2.13. The van der Waals surface area contributed by atoms with Crippen LogP contribution in [0.5, 0.6) is 0 Å². The molecular weight excluding hydrogens is 226 g/mol. The number of aromatic nitrogens is 4. The standard InChI is InChI=1S/C13H15N5/c1-8-10(7-14)9(2)18(17-8)13-15-11-5-3-4-6-12(11)16-13/h3-6H,7,14H2,1-2H3,(H,15,16). The zero-order valence-corrected chi connectivity index (χ0v) is 10.4. The molecule has 18 heavy (non-hydrogen) atoms. The fourth-order valence-corrected chi connectivity index (χ4v) is 2.22. The molecule has 2 heterocycles. The Morgan fingerprint density at radius 1 is 1.28 bits per heavy atom. The van der Waals surface area contributed by atoms with Gasteiger partial charge in [0.15, 0.2) is 0 Å². The van der Waals surface area contributed by atoms with Crippen molar-refractivity contribution in [3.05, 3.63) is 41.2 Å². The quantitative estimate of drug-likeness (QED) is 0.718. The van der Waals surface area contributed by atoms with Crippen LogP contribution in [0.25, 0.3) is 17.0 Å². The molecule has 0 atom stereocenters. The number of H-pyrrole nitrogens is 1. The lowest BCUT2D eigenvalue weighted by atomic mass is 10.2. The monoisotopic (exact) mass is 241 g/mol. The molecule has 5 nitrogen and oxygen atoms in total. The summed E-state index contributed by atoms with van der Waals surface area (Å²) in [6.45, 7) is 4.47. The molecule has 1 aromatic carbocycles. The van der Waals surface area contributed by atoms with E-state index in [2.05, 4.69) is 15.1 Å². The summed E-state index contributed by atoms with van der Waals surface area (Å²) in [6.07, 6.45) is 0. The number of rotatable bonds is 2. The van der Waals surface area contributed by atoms with E-state index in [9.17, 15) is 0 Å². The molecule has 0 aliphatic carbocycles. The van der Waals surface area contributed by atoms with Crippen molar-refractivity contribution in [2.24, 2.45) is 5.73 Å². The average molecular weight is 241 g/mol. The minimum atomic E-state index is 0.498. The molecule has 2 aromatic heterocycles. The fourth-order valence-electron chi connectivity index (χ4n) is 2.22. The van der Waals surface area contributed by atoms with Crippen molar-refractivity contribution in [1.82, 2.24) is 19.7 Å². The Morgan fingerprint density at radius 2 is 2.06 bits per heavy atom. The van der Waals surface area contributed by atoms with Gasteiger partial charge in [-0.2, -0.15) is 5.10 Å². The third kappa shape index (κ3) is 1.52. The molecular formula is C13H15N5. The number of hydrogen-bond donors (Lipinski definition) is 2. The third-order valence-electron chi connectivity index (χ3n) is 3.22. The Morgan fingerprint density at radius 3 is 2.72 bits per heavy atom. The van der Waals surface area contributed by atoms with Crippen molar-refractivity contribution < 1.29 is 0 Å². The number of nitrogens with one attached hydrogen (secondary N) is 1. The van der Waals surface area contributed by atoms with Crippen molar-refractivity contribution in [2.45, 2.75) is 20.4 Å². The third-order valence-corrected chi connectivity index (χ3v) is 3.22. The van der Waals surface area contributed by atoms with Crippen LogP contribution in [-0.2, 0) is 6.54 Å². The molecule has 0 amide bonds. The summed E-state index contributed by atoms with van der Waals surface area (Å²) < 4.78 is 1.82. The predicted molar refractivity (Wildman–Crippen MR) is 70.6 cm³/mol. The van der Waals surface area contributed by atoms with Crippen LogP contribution in [0, 0.1) is 13.8 Å². The van der Waals surface area contributed by atoms with E-state index in [1.807, 2.05) is 42.8 Å². The maximum Gasteiger partial charge on any atom is 0.229 e. The molecule has 0 aliphatic heterocycles. The molecule has 0 unspecified atom stereocenters. The number of imidazole rings is 1. The van der Waals surface area contributed by atoms with E-state index in [0.717, 1.165) is 33.9 Å². The molecule has 0 spiro atoms. The maximum absolute atomic E-state index is 5.73. The van der Waals surface area contributed by atoms with Gasteiger partial charge in [0, 0.05) is 17.8 Å². The summed E-state index contributed by atoms with van der Waals surface area (Å²) >= 11 is 0. The van der Waals surface area contributed by atoms with Crippen molar-refractivity contribution in [3.8, 4) is 5.95 Å². The molecule has 3 N–H and O–H groups in total. The summed E-state index contributed by atoms with van der Waals surface area (Å²) in [6, 6.07) is 7.93. The number of nitrogens with two attached hydrogens (primary N) is 1. The topological polar surface area (TPSA) is 72.5 Å². The Bertz CT molecular complexity index is 674. The number of fused-ring (bicyclic) bond motifs is 1. The Kier molecular flexibility index (Phi) is 2.41. The minimum absolute atomic E-state index is 0.498. The number of benzene rings is 1. The van der Waals surface area contributed by atoms with Gasteiger partial charge in [0.1, 0.15) is 0 Å². The minimum Gasteiger partial charge on any atom is -0.326 e. The summed E-state index contributed by atoms with van der Waals surface area (Å²) in [7, 11) is 0. The Labute approximate surface area is 105 Å². The van der Waals surface area contributed by atoms with Crippen LogP contribution in [0.3, 0.4) is 0 Å². The van der Waals surface area contributed by atoms with Crippen LogP contribution in [0.4, 0.5) is 0 Å². The highest BCUT2D eigenvalue weighted by atomic mass is 15.4. The molecule has 0 radical (unpaired) electrons. The number of aromatic amines is 1. The van der Waals surface area contributed by atoms with Crippen LogP contribution in [0.1, 0.15) is 17.0 Å². The van der Waals surface area contributed by atoms with Gasteiger partial charge in [-0.15, -0.1) is 0 Å². The van der Waals surface area contributed by atoms with E-state index in [1.165, 1.54) is 0 Å². The first-order chi connectivity index (χ1) is 8.70. The average Bonchev–Trinajstić information content (AvgIpc) is 2.90. The van der Waals surface area contributed by atoms with Gasteiger partial charge in [-0.1, -0.05) is 12.1 Å². The first kappa shape index (κ1) is 11.0. The number of aryl methyl sites for hydroxylation is 1. The zero-order valence-electron chi connectivity index (χ0n) is 10.4. The van der Waals surface area contributed by atoms with Gasteiger partial charge in [-0.25, -0.2) is 9.67 Å². The number of para-hydroxylation sites is 2. The van der Waals surface area contributed by atoms with E-state index in [0.29, 0.717) is 6.54 Å². The maximum atomic E-state index is 5.73. The number of hydrogen-bond acceptors (Lipinski definition) is 3. The van der Waals surface area contributed by atoms with Gasteiger partial charge < -0.3 is 10.7 Å². The normalized spacial score (nSPS) is 11.3. The van der Waals surface area contributed by atoms with E-state index in [4.69, 9.17) is 5.73 Å². The smallest absolute Gasteiger partial charge is 0.229 e. The van der Waals surface area contributed by atoms with Gasteiger partial charge in [0.05, 0.1) is 16.7 Å². The second-order valence-electron chi connectivity index (χ2n) is 4.34. The lowest BCUT2D eigenvalue weighted by Gasteiger charge is -1.99. The van der Waals surface area contributed by atoms with Crippen LogP contribution in [0.15, 0.2) is 24.3 Å². The Balaban J connectivity index is 2.20. The molecule has 0 fully saturated rings. The highest BCUT2D eigenvalue weighted by molar-refractivity contribution is 5.75. The van der Waals surface area contributed by atoms with Crippen LogP contribution in [0.2, 0.25) is 0 Å². The van der Waals surface area contributed by atoms with Gasteiger partial charge >= 0.3 is 0 Å². The summed E-state index contributed by atoms with van der Waals surface area (Å²) in [4.78, 5) is 7.80. The molecule has 0 aliphatic rings. The van der Waals surface area contributed by atoms with Crippen LogP contribution < -0.4 is 5.73 Å². The van der Waals surface area contributed by atoms with E-state index >= 15 is 0 Å². The molecule has 0 saturated carbocycles. The van der Waals surface area contributed by atoms with E-state index < -0.39 is 0 Å².